The van der Waals surface area contributed by atoms with E-state index < -0.39 is 12.1 Å². The van der Waals surface area contributed by atoms with Gasteiger partial charge in [-0.05, 0) is 18.6 Å². The zero-order chi connectivity index (χ0) is 17.8. The zero-order valence-electron chi connectivity index (χ0n) is 13.7. The molecule has 0 fully saturated rings. The lowest BCUT2D eigenvalue weighted by Gasteiger charge is -2.08. The molecular weight excluding hydrogens is 324 g/mol. The summed E-state index contributed by atoms with van der Waals surface area (Å²) >= 11 is 0. The molecule has 9 heteroatoms. The maximum Gasteiger partial charge on any atom is 0.543 e. The van der Waals surface area contributed by atoms with Crippen molar-refractivity contribution in [3.63, 3.8) is 0 Å². The van der Waals surface area contributed by atoms with Gasteiger partial charge in [0, 0.05) is 12.7 Å². The van der Waals surface area contributed by atoms with Gasteiger partial charge in [-0.1, -0.05) is 6.92 Å². The van der Waals surface area contributed by atoms with Crippen LogP contribution in [0.25, 0.3) is 0 Å². The highest BCUT2D eigenvalue weighted by Crippen LogP contribution is 2.25. The van der Waals surface area contributed by atoms with Gasteiger partial charge in [0.05, 0.1) is 25.9 Å². The van der Waals surface area contributed by atoms with E-state index in [1.54, 1.807) is 0 Å². The number of hydrogen-bond donors (Lipinski definition) is 0. The summed E-state index contributed by atoms with van der Waals surface area (Å²) in [4.78, 5) is 31.4. The Morgan fingerprint density at radius 1 is 1.00 bits per heavy atom. The van der Waals surface area contributed by atoms with Gasteiger partial charge in [-0.25, -0.2) is 14.5 Å². The number of rotatable bonds is 10. The van der Waals surface area contributed by atoms with Gasteiger partial charge < -0.3 is 18.9 Å². The third kappa shape index (κ3) is 6.71. The smallest absolute Gasteiger partial charge is 0.497 e. The van der Waals surface area contributed by atoms with Crippen molar-refractivity contribution in [3.05, 3.63) is 23.8 Å². The lowest BCUT2D eigenvalue weighted by Crippen LogP contribution is -2.15. The zero-order valence-corrected chi connectivity index (χ0v) is 13.7. The molecule has 0 aromatic heterocycles. The molecule has 0 saturated carbocycles. The molecule has 134 valence electrons. The van der Waals surface area contributed by atoms with Crippen molar-refractivity contribution in [2.24, 2.45) is 0 Å². The van der Waals surface area contributed by atoms with Gasteiger partial charge in [0.1, 0.15) is 23.7 Å². The molecule has 0 saturated heterocycles. The summed E-state index contributed by atoms with van der Waals surface area (Å²) < 4.78 is 19.7. The molecule has 0 aliphatic heterocycles. The first-order chi connectivity index (χ1) is 11.6. The summed E-state index contributed by atoms with van der Waals surface area (Å²) in [6, 6.07) is 4.43. The average molecular weight is 344 g/mol. The molecule has 24 heavy (non-hydrogen) atoms. The van der Waals surface area contributed by atoms with Crippen LogP contribution in [0.4, 0.5) is 4.79 Å². The van der Waals surface area contributed by atoms with Gasteiger partial charge >= 0.3 is 12.1 Å². The van der Waals surface area contributed by atoms with E-state index in [2.05, 4.69) is 19.6 Å². The molecule has 0 aliphatic carbocycles. The summed E-state index contributed by atoms with van der Waals surface area (Å²) in [6.45, 7) is 2.74. The van der Waals surface area contributed by atoms with E-state index in [0.717, 1.165) is 6.42 Å². The third-order valence-electron chi connectivity index (χ3n) is 2.64. The van der Waals surface area contributed by atoms with Crippen LogP contribution in [0.3, 0.4) is 0 Å². The van der Waals surface area contributed by atoms with Crippen LogP contribution in [0.15, 0.2) is 18.2 Å². The number of hydrogen-bond acceptors (Lipinski definition) is 9. The van der Waals surface area contributed by atoms with E-state index in [4.69, 9.17) is 14.2 Å². The summed E-state index contributed by atoms with van der Waals surface area (Å²) in [5.41, 5.74) is 0.0585. The normalized spacial score (nSPS) is 9.96. The second-order valence-corrected chi connectivity index (χ2v) is 4.30. The molecule has 0 amide bonds. The van der Waals surface area contributed by atoms with Crippen molar-refractivity contribution in [2.45, 2.75) is 13.3 Å². The van der Waals surface area contributed by atoms with Gasteiger partial charge in [0.15, 0.2) is 0 Å². The number of carbonyl (C=O) groups is 2. The van der Waals surface area contributed by atoms with Crippen molar-refractivity contribution >= 4 is 12.1 Å². The summed E-state index contributed by atoms with van der Waals surface area (Å²) in [7, 11) is 2.85. The van der Waals surface area contributed by atoms with Crippen LogP contribution in [0, 0.1) is 0 Å². The average Bonchev–Trinajstić information content (AvgIpc) is 2.60. The predicted molar refractivity (Wildman–Crippen MR) is 79.6 cm³/mol. The van der Waals surface area contributed by atoms with E-state index in [0.29, 0.717) is 12.4 Å². The molecule has 1 aromatic carbocycles. The highest BCUT2D eigenvalue weighted by Gasteiger charge is 2.17. The number of carbonyl (C=O) groups excluding carboxylic acids is 2. The van der Waals surface area contributed by atoms with Crippen LogP contribution in [-0.2, 0) is 24.3 Å². The second-order valence-electron chi connectivity index (χ2n) is 4.30. The van der Waals surface area contributed by atoms with Gasteiger partial charge in [-0.15, -0.1) is 0 Å². The van der Waals surface area contributed by atoms with Crippen molar-refractivity contribution < 1.29 is 43.3 Å². The van der Waals surface area contributed by atoms with E-state index >= 15 is 0 Å². The first-order valence-corrected chi connectivity index (χ1v) is 7.14. The quantitative estimate of drug-likeness (QED) is 0.274. The molecule has 9 nitrogen and oxygen atoms in total. The maximum absolute atomic E-state index is 11.8. The van der Waals surface area contributed by atoms with Gasteiger partial charge in [-0.2, -0.15) is 0 Å². The molecule has 0 spiro atoms. The van der Waals surface area contributed by atoms with Crippen LogP contribution in [0.1, 0.15) is 23.7 Å². The fraction of sp³-hybridized carbons (Fsp3) is 0.467. The predicted octanol–water partition coefficient (Wildman–Crippen LogP) is 2.29. The molecule has 1 rings (SSSR count). The van der Waals surface area contributed by atoms with Crippen LogP contribution >= 0.6 is 0 Å². The summed E-state index contributed by atoms with van der Waals surface area (Å²) in [5.74, 6) is -0.221. The fourth-order valence-corrected chi connectivity index (χ4v) is 1.54. The Balaban J connectivity index is 2.34. The highest BCUT2D eigenvalue weighted by molar-refractivity contribution is 5.92. The minimum Gasteiger partial charge on any atom is -0.497 e. The molecule has 0 radical (unpaired) electrons. The monoisotopic (exact) mass is 344 g/mol. The molecule has 0 aliphatic rings. The number of benzene rings is 1. The van der Waals surface area contributed by atoms with E-state index in [9.17, 15) is 9.59 Å². The molecule has 1 aromatic rings. The molecule has 0 N–H and O–H groups in total. The molecule has 0 heterocycles. The van der Waals surface area contributed by atoms with Crippen molar-refractivity contribution in [1.29, 1.82) is 0 Å². The minimum absolute atomic E-state index is 0.0115. The Morgan fingerprint density at radius 2 is 1.79 bits per heavy atom. The largest absolute Gasteiger partial charge is 0.543 e. The van der Waals surface area contributed by atoms with Crippen LogP contribution < -0.4 is 9.47 Å². The van der Waals surface area contributed by atoms with E-state index in [-0.39, 0.29) is 24.5 Å². The molecular formula is C15H20O9. The summed E-state index contributed by atoms with van der Waals surface area (Å²) in [6.07, 6.45) is -0.303. The van der Waals surface area contributed by atoms with Crippen molar-refractivity contribution in [1.82, 2.24) is 0 Å². The van der Waals surface area contributed by atoms with Crippen LogP contribution in [-0.4, -0.2) is 46.2 Å². The Bertz CT molecular complexity index is 530. The second kappa shape index (κ2) is 11.1. The van der Waals surface area contributed by atoms with E-state index in [1.165, 1.54) is 32.4 Å². The molecule has 0 bridgehead atoms. The topological polar surface area (TPSA) is 98.8 Å². The number of methoxy groups -OCH3 is 2. The lowest BCUT2D eigenvalue weighted by atomic mass is 10.2. The van der Waals surface area contributed by atoms with Crippen LogP contribution in [0.5, 0.6) is 11.5 Å². The van der Waals surface area contributed by atoms with E-state index in [1.807, 2.05) is 6.92 Å². The molecule has 0 unspecified atom stereocenters. The lowest BCUT2D eigenvalue weighted by molar-refractivity contribution is -0.452. The number of ether oxygens (including phenoxy) is 4. The SMILES string of the molecule is CCCOCCOC(=O)OOOC(=O)c1ccc(OC)cc1OC. The Labute approximate surface area is 139 Å². The van der Waals surface area contributed by atoms with Crippen molar-refractivity contribution in [2.75, 3.05) is 34.0 Å². The van der Waals surface area contributed by atoms with Gasteiger partial charge in [0.2, 0.25) is 0 Å². The Hall–Kier alpha value is -2.52. The third-order valence-corrected chi connectivity index (χ3v) is 2.64. The highest BCUT2D eigenvalue weighted by atomic mass is 17.5. The standard InChI is InChI=1S/C15H20O9/c1-4-7-20-8-9-21-15(17)23-24-22-14(16)12-6-5-11(18-2)10-13(12)19-3/h5-6,10H,4,7-9H2,1-3H3. The summed E-state index contributed by atoms with van der Waals surface area (Å²) in [5, 5.41) is 4.09. The van der Waals surface area contributed by atoms with Crippen LogP contribution in [0.2, 0.25) is 0 Å². The molecule has 0 atom stereocenters. The Kier molecular flexibility index (Phi) is 9.02. The first-order valence-electron chi connectivity index (χ1n) is 7.14. The minimum atomic E-state index is -1.16. The Morgan fingerprint density at radius 3 is 2.46 bits per heavy atom. The van der Waals surface area contributed by atoms with Gasteiger partial charge in [-0.3, -0.25) is 4.89 Å². The fourth-order valence-electron chi connectivity index (χ4n) is 1.54. The van der Waals surface area contributed by atoms with Gasteiger partial charge in [0.25, 0.3) is 0 Å². The maximum atomic E-state index is 11.8. The van der Waals surface area contributed by atoms with Crippen molar-refractivity contribution in [3.8, 4) is 11.5 Å². The first kappa shape index (κ1) is 19.5.